The average molecular weight is 334 g/mol. The highest BCUT2D eigenvalue weighted by atomic mass is 32.2. The van der Waals surface area contributed by atoms with Crippen molar-refractivity contribution < 1.29 is 0 Å². The zero-order valence-corrected chi connectivity index (χ0v) is 14.0. The highest BCUT2D eigenvalue weighted by molar-refractivity contribution is 8.00. The molecule has 0 spiro atoms. The van der Waals surface area contributed by atoms with Crippen molar-refractivity contribution >= 4 is 34.9 Å². The van der Waals surface area contributed by atoms with E-state index in [1.165, 1.54) is 9.77 Å². The molecule has 2 heterocycles. The third-order valence-electron chi connectivity index (χ3n) is 2.97. The molecule has 2 aromatic heterocycles. The van der Waals surface area contributed by atoms with Crippen molar-refractivity contribution in [3.63, 3.8) is 0 Å². The monoisotopic (exact) mass is 333 g/mol. The minimum absolute atomic E-state index is 0.857. The lowest BCUT2D eigenvalue weighted by molar-refractivity contribution is 0.761. The second kappa shape index (κ2) is 7.15. The van der Waals surface area contributed by atoms with Crippen molar-refractivity contribution in [2.24, 2.45) is 7.05 Å². The van der Waals surface area contributed by atoms with Gasteiger partial charge in [0.2, 0.25) is 0 Å². The Labute approximate surface area is 136 Å². The Hall–Kier alpha value is -1.24. The predicted molar refractivity (Wildman–Crippen MR) is 90.9 cm³/mol. The van der Waals surface area contributed by atoms with E-state index in [0.717, 1.165) is 22.5 Å². The summed E-state index contributed by atoms with van der Waals surface area (Å²) in [5.74, 6) is 2.80. The molecule has 0 amide bonds. The van der Waals surface area contributed by atoms with E-state index < -0.39 is 0 Å². The first-order chi connectivity index (χ1) is 10.3. The number of thiophene rings is 1. The zero-order valence-electron chi connectivity index (χ0n) is 11.6. The SMILES string of the molecule is Cn1c(CSc2cccs2)nnc1SCc1ccccc1. The van der Waals surface area contributed by atoms with Crippen LogP contribution in [0.3, 0.4) is 0 Å². The Morgan fingerprint density at radius 3 is 2.62 bits per heavy atom. The minimum Gasteiger partial charge on any atom is -0.308 e. The van der Waals surface area contributed by atoms with Gasteiger partial charge >= 0.3 is 0 Å². The quantitative estimate of drug-likeness (QED) is 0.623. The summed E-state index contributed by atoms with van der Waals surface area (Å²) < 4.78 is 3.41. The van der Waals surface area contributed by atoms with E-state index >= 15 is 0 Å². The van der Waals surface area contributed by atoms with Crippen molar-refractivity contribution in [3.05, 3.63) is 59.2 Å². The lowest BCUT2D eigenvalue weighted by atomic mass is 10.2. The van der Waals surface area contributed by atoms with Gasteiger partial charge in [-0.2, -0.15) is 0 Å². The highest BCUT2D eigenvalue weighted by Crippen LogP contribution is 2.28. The normalized spacial score (nSPS) is 10.9. The molecule has 1 aromatic carbocycles. The van der Waals surface area contributed by atoms with Crippen molar-refractivity contribution in [2.75, 3.05) is 0 Å². The fraction of sp³-hybridized carbons (Fsp3) is 0.200. The smallest absolute Gasteiger partial charge is 0.191 e. The topological polar surface area (TPSA) is 30.7 Å². The van der Waals surface area contributed by atoms with Gasteiger partial charge in [0.05, 0.1) is 9.96 Å². The fourth-order valence-electron chi connectivity index (χ4n) is 1.80. The third kappa shape index (κ3) is 3.90. The average Bonchev–Trinajstić information content (AvgIpc) is 3.15. The molecular formula is C15H15N3S3. The Kier molecular flexibility index (Phi) is 5.00. The lowest BCUT2D eigenvalue weighted by Crippen LogP contribution is -1.97. The van der Waals surface area contributed by atoms with Gasteiger partial charge in [-0.25, -0.2) is 0 Å². The third-order valence-corrected chi connectivity index (χ3v) is 6.19. The predicted octanol–water partition coefficient (Wildman–Crippen LogP) is 4.46. The maximum atomic E-state index is 4.30. The molecule has 6 heteroatoms. The van der Waals surface area contributed by atoms with E-state index in [4.69, 9.17) is 0 Å². The van der Waals surface area contributed by atoms with E-state index in [0.29, 0.717) is 0 Å². The Balaban J connectivity index is 1.59. The Morgan fingerprint density at radius 2 is 1.86 bits per heavy atom. The van der Waals surface area contributed by atoms with Gasteiger partial charge in [0.25, 0.3) is 0 Å². The number of aromatic nitrogens is 3. The summed E-state index contributed by atoms with van der Waals surface area (Å²) in [6.07, 6.45) is 0. The zero-order chi connectivity index (χ0) is 14.5. The summed E-state index contributed by atoms with van der Waals surface area (Å²) in [5, 5.41) is 11.7. The molecule has 3 aromatic rings. The van der Waals surface area contributed by atoms with E-state index in [1.807, 2.05) is 24.9 Å². The first-order valence-corrected chi connectivity index (χ1v) is 9.39. The highest BCUT2D eigenvalue weighted by Gasteiger charge is 2.10. The van der Waals surface area contributed by atoms with E-state index in [2.05, 4.69) is 56.5 Å². The van der Waals surface area contributed by atoms with Gasteiger partial charge < -0.3 is 4.57 Å². The van der Waals surface area contributed by atoms with Crippen LogP contribution in [0, 0.1) is 0 Å². The van der Waals surface area contributed by atoms with Gasteiger partial charge in [0.15, 0.2) is 5.16 Å². The van der Waals surface area contributed by atoms with Gasteiger partial charge in [-0.1, -0.05) is 48.2 Å². The van der Waals surface area contributed by atoms with E-state index in [9.17, 15) is 0 Å². The van der Waals surface area contributed by atoms with Crippen molar-refractivity contribution in [2.45, 2.75) is 20.9 Å². The largest absolute Gasteiger partial charge is 0.308 e. The van der Waals surface area contributed by atoms with Crippen LogP contribution in [0.5, 0.6) is 0 Å². The van der Waals surface area contributed by atoms with Crippen LogP contribution in [0.25, 0.3) is 0 Å². The Bertz CT molecular complexity index is 678. The Morgan fingerprint density at radius 1 is 1.00 bits per heavy atom. The summed E-state index contributed by atoms with van der Waals surface area (Å²) in [6.45, 7) is 0. The van der Waals surface area contributed by atoms with Crippen molar-refractivity contribution in [3.8, 4) is 0 Å². The maximum absolute atomic E-state index is 4.30. The molecule has 0 unspecified atom stereocenters. The number of benzene rings is 1. The molecule has 3 nitrogen and oxygen atoms in total. The standard InChI is InChI=1S/C15H15N3S3/c1-18-13(11-20-14-8-5-9-19-14)16-17-15(18)21-10-12-6-3-2-4-7-12/h2-9H,10-11H2,1H3. The second-order valence-corrected chi connectivity index (χ2v) is 7.62. The van der Waals surface area contributed by atoms with Gasteiger partial charge in [-0.3, -0.25) is 0 Å². The molecule has 21 heavy (non-hydrogen) atoms. The van der Waals surface area contributed by atoms with Crippen LogP contribution in [0.2, 0.25) is 0 Å². The first kappa shape index (κ1) is 14.7. The van der Waals surface area contributed by atoms with Crippen LogP contribution in [-0.4, -0.2) is 14.8 Å². The molecule has 0 saturated heterocycles. The molecule has 0 bridgehead atoms. The van der Waals surface area contributed by atoms with Gasteiger partial charge in [-0.05, 0) is 17.0 Å². The summed E-state index contributed by atoms with van der Waals surface area (Å²) >= 11 is 5.30. The van der Waals surface area contributed by atoms with Gasteiger partial charge in [0.1, 0.15) is 5.82 Å². The van der Waals surface area contributed by atoms with Crippen molar-refractivity contribution in [1.29, 1.82) is 0 Å². The molecule has 0 radical (unpaired) electrons. The number of thioether (sulfide) groups is 2. The fourth-order valence-corrected chi connectivity index (χ4v) is 4.45. The van der Waals surface area contributed by atoms with Crippen LogP contribution in [0.15, 0.2) is 57.2 Å². The molecule has 0 aliphatic carbocycles. The van der Waals surface area contributed by atoms with Crippen molar-refractivity contribution in [1.82, 2.24) is 14.8 Å². The second-order valence-electron chi connectivity index (χ2n) is 4.45. The summed E-state index contributed by atoms with van der Waals surface area (Å²) in [7, 11) is 2.04. The molecule has 0 aliphatic rings. The number of hydrogen-bond acceptors (Lipinski definition) is 5. The van der Waals surface area contributed by atoms with Crippen LogP contribution < -0.4 is 0 Å². The number of rotatable bonds is 6. The molecule has 0 fully saturated rings. The lowest BCUT2D eigenvalue weighted by Gasteiger charge is -2.03. The molecule has 108 valence electrons. The number of hydrogen-bond donors (Lipinski definition) is 0. The van der Waals surface area contributed by atoms with Gasteiger partial charge in [0, 0.05) is 12.8 Å². The first-order valence-electron chi connectivity index (χ1n) is 6.54. The van der Waals surface area contributed by atoms with E-state index in [1.54, 1.807) is 23.1 Å². The number of nitrogens with zero attached hydrogens (tertiary/aromatic N) is 3. The summed E-state index contributed by atoms with van der Waals surface area (Å²) in [6, 6.07) is 14.6. The molecular weight excluding hydrogens is 318 g/mol. The van der Waals surface area contributed by atoms with Gasteiger partial charge in [-0.15, -0.1) is 33.3 Å². The van der Waals surface area contributed by atoms with E-state index in [-0.39, 0.29) is 0 Å². The molecule has 0 N–H and O–H groups in total. The molecule has 0 saturated carbocycles. The van der Waals surface area contributed by atoms with Crippen LogP contribution in [-0.2, 0) is 18.6 Å². The van der Waals surface area contributed by atoms with Crippen LogP contribution in [0.1, 0.15) is 11.4 Å². The van der Waals surface area contributed by atoms with Crippen LogP contribution in [0.4, 0.5) is 0 Å². The van der Waals surface area contributed by atoms with Crippen LogP contribution >= 0.6 is 34.9 Å². The maximum Gasteiger partial charge on any atom is 0.191 e. The molecule has 0 atom stereocenters. The molecule has 0 aliphatic heterocycles. The summed E-state index contributed by atoms with van der Waals surface area (Å²) in [4.78, 5) is 0. The summed E-state index contributed by atoms with van der Waals surface area (Å²) in [5.41, 5.74) is 1.31. The molecule has 3 rings (SSSR count). The minimum atomic E-state index is 0.857.